The Hall–Kier alpha value is -2.60. The topological polar surface area (TPSA) is 114 Å². The normalized spacial score (nSPS) is 15.9. The van der Waals surface area contributed by atoms with Crippen LogP contribution in [0.5, 0.6) is 0 Å². The molecule has 1 saturated heterocycles. The smallest absolute Gasteiger partial charge is 0.243 e. The van der Waals surface area contributed by atoms with E-state index in [1.807, 2.05) is 35.7 Å². The molecule has 1 amide bonds. The Balaban J connectivity index is 1.36. The quantitative estimate of drug-likeness (QED) is 0.550. The van der Waals surface area contributed by atoms with Crippen molar-refractivity contribution in [2.24, 2.45) is 5.92 Å². The number of aromatic nitrogens is 1. The van der Waals surface area contributed by atoms with Gasteiger partial charge in [-0.1, -0.05) is 30.3 Å². The van der Waals surface area contributed by atoms with E-state index in [2.05, 4.69) is 10.3 Å². The number of nitrogens with one attached hydrogen (secondary N) is 1. The Morgan fingerprint density at radius 2 is 1.58 bits per heavy atom. The molecule has 0 bridgehead atoms. The Bertz CT molecular complexity index is 1340. The number of carbonyl (C=O) groups is 1. The van der Waals surface area contributed by atoms with Crippen molar-refractivity contribution >= 4 is 42.2 Å². The van der Waals surface area contributed by atoms with Gasteiger partial charge in [-0.05, 0) is 37.1 Å². The molecule has 2 aromatic carbocycles. The first-order valence-corrected chi connectivity index (χ1v) is 14.5. The SMILES string of the molecule is CS(=O)(=O)c1ccc(S(=O)(=O)N2CCC(C(=O)Nc3nc(-c4ccccc4)cs3)CC2)cc1. The molecular formula is C22H23N3O5S3. The number of hydrogen-bond acceptors (Lipinski definition) is 7. The van der Waals surface area contributed by atoms with Gasteiger partial charge < -0.3 is 5.32 Å². The highest BCUT2D eigenvalue weighted by Crippen LogP contribution is 2.28. The maximum atomic E-state index is 12.9. The molecule has 0 aliphatic carbocycles. The summed E-state index contributed by atoms with van der Waals surface area (Å²) in [6.07, 6.45) is 1.85. The molecule has 174 valence electrons. The first-order valence-electron chi connectivity index (χ1n) is 10.3. The predicted octanol–water partition coefficient (Wildman–Crippen LogP) is 3.25. The number of anilines is 1. The molecule has 1 aliphatic rings. The first-order chi connectivity index (χ1) is 15.6. The van der Waals surface area contributed by atoms with Gasteiger partial charge in [0.1, 0.15) is 0 Å². The zero-order chi connectivity index (χ0) is 23.6. The molecule has 0 spiro atoms. The molecular weight excluding hydrogens is 482 g/mol. The van der Waals surface area contributed by atoms with E-state index in [-0.39, 0.29) is 34.7 Å². The highest BCUT2D eigenvalue weighted by molar-refractivity contribution is 7.90. The molecule has 33 heavy (non-hydrogen) atoms. The molecule has 11 heteroatoms. The van der Waals surface area contributed by atoms with E-state index in [9.17, 15) is 21.6 Å². The summed E-state index contributed by atoms with van der Waals surface area (Å²) in [5.74, 6) is -0.480. The second kappa shape index (κ2) is 9.34. The van der Waals surface area contributed by atoms with Gasteiger partial charge in [-0.25, -0.2) is 21.8 Å². The number of carbonyl (C=O) groups excluding carboxylic acids is 1. The number of nitrogens with zero attached hydrogens (tertiary/aromatic N) is 2. The van der Waals surface area contributed by atoms with Gasteiger partial charge in [-0.2, -0.15) is 4.31 Å². The number of thiazole rings is 1. The lowest BCUT2D eigenvalue weighted by atomic mass is 9.97. The van der Waals surface area contributed by atoms with Crippen LogP contribution >= 0.6 is 11.3 Å². The first kappa shape index (κ1) is 23.6. The van der Waals surface area contributed by atoms with Crippen molar-refractivity contribution in [3.63, 3.8) is 0 Å². The van der Waals surface area contributed by atoms with Gasteiger partial charge in [-0.3, -0.25) is 4.79 Å². The Morgan fingerprint density at radius 3 is 2.18 bits per heavy atom. The lowest BCUT2D eigenvalue weighted by Crippen LogP contribution is -2.41. The van der Waals surface area contributed by atoms with Crippen LogP contribution in [0.25, 0.3) is 11.3 Å². The number of hydrogen-bond donors (Lipinski definition) is 1. The van der Waals surface area contributed by atoms with Crippen molar-refractivity contribution in [3.8, 4) is 11.3 Å². The molecule has 2 heterocycles. The monoisotopic (exact) mass is 505 g/mol. The summed E-state index contributed by atoms with van der Waals surface area (Å²) < 4.78 is 50.4. The van der Waals surface area contributed by atoms with Gasteiger partial charge in [0.15, 0.2) is 15.0 Å². The summed E-state index contributed by atoms with van der Waals surface area (Å²) in [7, 11) is -7.17. The Kier molecular flexibility index (Phi) is 6.66. The lowest BCUT2D eigenvalue weighted by Gasteiger charge is -2.30. The van der Waals surface area contributed by atoms with Crippen molar-refractivity contribution in [1.29, 1.82) is 0 Å². The number of rotatable bonds is 6. The Morgan fingerprint density at radius 1 is 0.970 bits per heavy atom. The number of sulfonamides is 1. The van der Waals surface area contributed by atoms with Gasteiger partial charge >= 0.3 is 0 Å². The van der Waals surface area contributed by atoms with Crippen molar-refractivity contribution in [1.82, 2.24) is 9.29 Å². The van der Waals surface area contributed by atoms with E-state index < -0.39 is 19.9 Å². The highest BCUT2D eigenvalue weighted by atomic mass is 32.2. The van der Waals surface area contributed by atoms with Gasteiger partial charge in [0.25, 0.3) is 0 Å². The molecule has 3 aromatic rings. The van der Waals surface area contributed by atoms with Crippen LogP contribution in [-0.4, -0.2) is 51.4 Å². The lowest BCUT2D eigenvalue weighted by molar-refractivity contribution is -0.120. The fourth-order valence-electron chi connectivity index (χ4n) is 3.65. The second-order valence-electron chi connectivity index (χ2n) is 7.82. The van der Waals surface area contributed by atoms with Crippen LogP contribution in [0.1, 0.15) is 12.8 Å². The third-order valence-electron chi connectivity index (χ3n) is 5.52. The van der Waals surface area contributed by atoms with Crippen molar-refractivity contribution in [2.75, 3.05) is 24.7 Å². The molecule has 0 radical (unpaired) electrons. The minimum atomic E-state index is -3.76. The minimum Gasteiger partial charge on any atom is -0.302 e. The summed E-state index contributed by atoms with van der Waals surface area (Å²) in [5, 5.41) is 5.25. The fourth-order valence-corrected chi connectivity index (χ4v) is 6.47. The summed E-state index contributed by atoms with van der Waals surface area (Å²) in [6.45, 7) is 0.419. The van der Waals surface area contributed by atoms with Crippen LogP contribution in [0.15, 0.2) is 69.8 Å². The molecule has 1 aromatic heterocycles. The van der Waals surface area contributed by atoms with Gasteiger partial charge in [0, 0.05) is 36.2 Å². The fraction of sp³-hybridized carbons (Fsp3) is 0.273. The van der Waals surface area contributed by atoms with E-state index in [1.54, 1.807) is 0 Å². The Labute approximate surface area is 197 Å². The third kappa shape index (κ3) is 5.32. The average molecular weight is 506 g/mol. The van der Waals surface area contributed by atoms with E-state index in [4.69, 9.17) is 0 Å². The zero-order valence-electron chi connectivity index (χ0n) is 17.8. The molecule has 0 saturated carbocycles. The predicted molar refractivity (Wildman–Crippen MR) is 127 cm³/mol. The second-order valence-corrected chi connectivity index (χ2v) is 12.6. The standard InChI is InChI=1S/C22H23N3O5S3/c1-32(27,28)18-7-9-19(10-8-18)33(29,30)25-13-11-17(12-14-25)21(26)24-22-23-20(15-31-22)16-5-3-2-4-6-16/h2-10,15,17H,11-14H2,1H3,(H,23,24,26). The van der Waals surface area contributed by atoms with E-state index >= 15 is 0 Å². The molecule has 0 atom stereocenters. The van der Waals surface area contributed by atoms with Crippen molar-refractivity contribution in [3.05, 3.63) is 60.0 Å². The number of amides is 1. The number of piperidine rings is 1. The molecule has 8 nitrogen and oxygen atoms in total. The molecule has 4 rings (SSSR count). The number of sulfone groups is 1. The van der Waals surface area contributed by atoms with E-state index in [1.165, 1.54) is 39.9 Å². The van der Waals surface area contributed by atoms with Crippen molar-refractivity contribution < 1.29 is 21.6 Å². The maximum Gasteiger partial charge on any atom is 0.243 e. The average Bonchev–Trinajstić information content (AvgIpc) is 3.28. The van der Waals surface area contributed by atoms with Gasteiger partial charge in [0.05, 0.1) is 15.5 Å². The van der Waals surface area contributed by atoms with Crippen molar-refractivity contribution in [2.45, 2.75) is 22.6 Å². The van der Waals surface area contributed by atoms with Gasteiger partial charge in [0.2, 0.25) is 15.9 Å². The summed E-state index contributed by atoms with van der Waals surface area (Å²) in [4.78, 5) is 17.3. The van der Waals surface area contributed by atoms with Gasteiger partial charge in [-0.15, -0.1) is 11.3 Å². The summed E-state index contributed by atoms with van der Waals surface area (Å²) in [6, 6.07) is 14.9. The van der Waals surface area contributed by atoms with Crippen LogP contribution in [0.4, 0.5) is 5.13 Å². The van der Waals surface area contributed by atoms with E-state index in [0.717, 1.165) is 17.5 Å². The molecule has 1 fully saturated rings. The summed E-state index contributed by atoms with van der Waals surface area (Å²) >= 11 is 1.35. The molecule has 1 aliphatic heterocycles. The summed E-state index contributed by atoms with van der Waals surface area (Å²) in [5.41, 5.74) is 1.76. The zero-order valence-corrected chi connectivity index (χ0v) is 20.3. The third-order valence-corrected chi connectivity index (χ3v) is 9.32. The molecule has 0 unspecified atom stereocenters. The molecule has 1 N–H and O–H groups in total. The van der Waals surface area contributed by atoms with E-state index in [0.29, 0.717) is 18.0 Å². The van der Waals surface area contributed by atoms with Crippen LogP contribution in [0.3, 0.4) is 0 Å². The van der Waals surface area contributed by atoms with Crippen LogP contribution in [0.2, 0.25) is 0 Å². The highest BCUT2D eigenvalue weighted by Gasteiger charge is 2.32. The number of benzene rings is 2. The van der Waals surface area contributed by atoms with Crippen LogP contribution < -0.4 is 5.32 Å². The minimum absolute atomic E-state index is 0.0361. The van der Waals surface area contributed by atoms with Crippen LogP contribution in [-0.2, 0) is 24.7 Å². The largest absolute Gasteiger partial charge is 0.302 e. The van der Waals surface area contributed by atoms with Crippen LogP contribution in [0, 0.1) is 5.92 Å². The maximum absolute atomic E-state index is 12.9.